The fourth-order valence-electron chi connectivity index (χ4n) is 1.18. The van der Waals surface area contributed by atoms with Gasteiger partial charge in [0.15, 0.2) is 0 Å². The number of aliphatic carboxylic acids is 1. The highest BCUT2D eigenvalue weighted by Gasteiger charge is 2.33. The number of nitrogens with zero attached hydrogens (tertiary/aromatic N) is 1. The Balaban J connectivity index is 3.19. The molecule has 104 valence electrons. The average molecular weight is 295 g/mol. The number of alkyl halides is 3. The lowest BCUT2D eigenvalue weighted by Crippen LogP contribution is -2.12. The van der Waals surface area contributed by atoms with Gasteiger partial charge in [-0.3, -0.25) is 14.9 Å². The second-order valence-corrected chi connectivity index (χ2v) is 4.92. The molecule has 0 heterocycles. The lowest BCUT2D eigenvalue weighted by molar-refractivity contribution is -0.388. The van der Waals surface area contributed by atoms with E-state index in [1.54, 1.807) is 0 Å². The number of nitro benzene ring substituents is 1. The lowest BCUT2D eigenvalue weighted by atomic mass is 10.2. The van der Waals surface area contributed by atoms with Crippen molar-refractivity contribution in [3.05, 3.63) is 33.9 Å². The molecule has 9 heteroatoms. The molecule has 0 aliphatic carbocycles. The maximum atomic E-state index is 12.4. The monoisotopic (exact) mass is 295 g/mol. The second kappa shape index (κ2) is 5.47. The van der Waals surface area contributed by atoms with E-state index in [2.05, 4.69) is 0 Å². The largest absolute Gasteiger partial charge is 0.480 e. The molecule has 1 aromatic rings. The fraction of sp³-hybridized carbons (Fsp3) is 0.300. The molecule has 0 fully saturated rings. The molecule has 0 amide bonds. The predicted octanol–water partition coefficient (Wildman–Crippen LogP) is 3.18. The number of nitro groups is 1. The lowest BCUT2D eigenvalue weighted by Gasteiger charge is -2.10. The zero-order chi connectivity index (χ0) is 14.8. The maximum Gasteiger partial charge on any atom is 0.416 e. The number of carboxylic acid groups (broad SMARTS) is 1. The quantitative estimate of drug-likeness (QED) is 0.524. The Hall–Kier alpha value is -1.77. The van der Waals surface area contributed by atoms with Crippen molar-refractivity contribution in [2.24, 2.45) is 0 Å². The van der Waals surface area contributed by atoms with Crippen molar-refractivity contribution in [2.45, 2.75) is 23.2 Å². The van der Waals surface area contributed by atoms with Crippen molar-refractivity contribution in [3.63, 3.8) is 0 Å². The van der Waals surface area contributed by atoms with Gasteiger partial charge in [-0.2, -0.15) is 13.2 Å². The Morgan fingerprint density at radius 2 is 2.05 bits per heavy atom. The van der Waals surface area contributed by atoms with Gasteiger partial charge < -0.3 is 5.11 Å². The molecule has 1 rings (SSSR count). The Bertz CT molecular complexity index is 518. The highest BCUT2D eigenvalue weighted by Crippen LogP contribution is 2.37. The average Bonchev–Trinajstić information content (AvgIpc) is 2.27. The van der Waals surface area contributed by atoms with Crippen LogP contribution in [0.5, 0.6) is 0 Å². The van der Waals surface area contributed by atoms with E-state index in [4.69, 9.17) is 5.11 Å². The van der Waals surface area contributed by atoms with Gasteiger partial charge in [0.1, 0.15) is 5.25 Å². The zero-order valence-corrected chi connectivity index (χ0v) is 10.3. The minimum Gasteiger partial charge on any atom is -0.480 e. The Morgan fingerprint density at radius 1 is 1.47 bits per heavy atom. The molecule has 0 aromatic heterocycles. The number of hydrogen-bond acceptors (Lipinski definition) is 4. The molecule has 0 aliphatic heterocycles. The molecule has 1 aromatic carbocycles. The number of carbonyl (C=O) groups is 1. The van der Waals surface area contributed by atoms with E-state index in [0.29, 0.717) is 23.9 Å². The predicted molar refractivity (Wildman–Crippen MR) is 61.1 cm³/mol. The third kappa shape index (κ3) is 3.85. The highest BCUT2D eigenvalue weighted by atomic mass is 32.2. The molecule has 0 spiro atoms. The Labute approximate surface area is 109 Å². The van der Waals surface area contributed by atoms with Gasteiger partial charge in [-0.05, 0) is 19.1 Å². The van der Waals surface area contributed by atoms with Crippen LogP contribution in [0.1, 0.15) is 12.5 Å². The van der Waals surface area contributed by atoms with Crippen molar-refractivity contribution in [1.29, 1.82) is 0 Å². The summed E-state index contributed by atoms with van der Waals surface area (Å²) in [6.07, 6.45) is -4.69. The van der Waals surface area contributed by atoms with Crippen molar-refractivity contribution < 1.29 is 28.0 Å². The van der Waals surface area contributed by atoms with Crippen molar-refractivity contribution >= 4 is 23.4 Å². The van der Waals surface area contributed by atoms with Crippen LogP contribution in [0.15, 0.2) is 23.1 Å². The molecule has 19 heavy (non-hydrogen) atoms. The standard InChI is InChI=1S/C10H8F3NO4S/c1-5(9(15)16)19-8-3-2-6(10(11,12)13)4-7(8)14(17)18/h2-5H,1H3,(H,15,16)/t5-/m0/s1. The van der Waals surface area contributed by atoms with Gasteiger partial charge in [0.2, 0.25) is 0 Å². The minimum absolute atomic E-state index is 0.118. The van der Waals surface area contributed by atoms with Crippen molar-refractivity contribution in [1.82, 2.24) is 0 Å². The number of carboxylic acids is 1. The van der Waals surface area contributed by atoms with Crippen LogP contribution in [-0.4, -0.2) is 21.2 Å². The van der Waals surface area contributed by atoms with E-state index in [1.807, 2.05) is 0 Å². The summed E-state index contributed by atoms with van der Waals surface area (Å²) in [5.41, 5.74) is -1.90. The van der Waals surface area contributed by atoms with E-state index in [9.17, 15) is 28.1 Å². The first-order valence-corrected chi connectivity index (χ1v) is 5.76. The van der Waals surface area contributed by atoms with Crippen molar-refractivity contribution in [3.8, 4) is 0 Å². The summed E-state index contributed by atoms with van der Waals surface area (Å²) >= 11 is 0.617. The normalized spacial score (nSPS) is 13.1. The van der Waals surface area contributed by atoms with E-state index < -0.39 is 33.6 Å². The van der Waals surface area contributed by atoms with Crippen molar-refractivity contribution in [2.75, 3.05) is 0 Å². The topological polar surface area (TPSA) is 80.4 Å². The number of thioether (sulfide) groups is 1. The second-order valence-electron chi connectivity index (χ2n) is 3.54. The van der Waals surface area contributed by atoms with Gasteiger partial charge in [-0.15, -0.1) is 11.8 Å². The van der Waals surface area contributed by atoms with Crippen LogP contribution in [0.3, 0.4) is 0 Å². The molecule has 0 saturated heterocycles. The summed E-state index contributed by atoms with van der Waals surface area (Å²) in [5, 5.41) is 18.4. The first kappa shape index (κ1) is 15.3. The van der Waals surface area contributed by atoms with E-state index in [1.165, 1.54) is 6.92 Å². The van der Waals surface area contributed by atoms with Gasteiger partial charge in [0.25, 0.3) is 5.69 Å². The molecule has 0 bridgehead atoms. The van der Waals surface area contributed by atoms with Gasteiger partial charge in [-0.25, -0.2) is 0 Å². The molecule has 0 unspecified atom stereocenters. The summed E-state index contributed by atoms with van der Waals surface area (Å²) < 4.78 is 37.3. The SMILES string of the molecule is C[C@H](Sc1ccc(C(F)(F)F)cc1[N+](=O)[O-])C(=O)O. The van der Waals surface area contributed by atoms with Gasteiger partial charge in [-0.1, -0.05) is 0 Å². The summed E-state index contributed by atoms with van der Waals surface area (Å²) in [6, 6.07) is 1.99. The molecule has 1 N–H and O–H groups in total. The van der Waals surface area contributed by atoms with Gasteiger partial charge in [0.05, 0.1) is 15.4 Å². The Kier molecular flexibility index (Phi) is 4.40. The molecule has 0 radical (unpaired) electrons. The Morgan fingerprint density at radius 3 is 2.47 bits per heavy atom. The van der Waals surface area contributed by atoms with Crippen LogP contribution in [-0.2, 0) is 11.0 Å². The molecule has 0 aliphatic rings. The van der Waals surface area contributed by atoms with E-state index >= 15 is 0 Å². The third-order valence-electron chi connectivity index (χ3n) is 2.13. The highest BCUT2D eigenvalue weighted by molar-refractivity contribution is 8.00. The molecule has 1 atom stereocenters. The van der Waals surface area contributed by atoms with Crippen LogP contribution in [0.25, 0.3) is 0 Å². The number of halogens is 3. The minimum atomic E-state index is -4.69. The third-order valence-corrected chi connectivity index (χ3v) is 3.29. The molecule has 0 saturated carbocycles. The summed E-state index contributed by atoms with van der Waals surface area (Å²) in [4.78, 5) is 20.3. The fourth-order valence-corrected chi connectivity index (χ4v) is 2.06. The van der Waals surface area contributed by atoms with Gasteiger partial charge >= 0.3 is 12.1 Å². The van der Waals surface area contributed by atoms with Gasteiger partial charge in [0, 0.05) is 6.07 Å². The zero-order valence-electron chi connectivity index (χ0n) is 9.47. The van der Waals surface area contributed by atoms with Crippen LogP contribution in [0, 0.1) is 10.1 Å². The smallest absolute Gasteiger partial charge is 0.416 e. The first-order valence-electron chi connectivity index (χ1n) is 4.88. The summed E-state index contributed by atoms with van der Waals surface area (Å²) in [5.74, 6) is -1.21. The number of hydrogen-bond donors (Lipinski definition) is 1. The summed E-state index contributed by atoms with van der Waals surface area (Å²) in [7, 11) is 0. The van der Waals surface area contributed by atoms with E-state index in [0.717, 1.165) is 6.07 Å². The molecular formula is C10H8F3NO4S. The van der Waals surface area contributed by atoms with Crippen LogP contribution in [0.4, 0.5) is 18.9 Å². The van der Waals surface area contributed by atoms with Crippen LogP contribution < -0.4 is 0 Å². The molecular weight excluding hydrogens is 287 g/mol. The van der Waals surface area contributed by atoms with E-state index in [-0.39, 0.29) is 4.90 Å². The van der Waals surface area contributed by atoms with Crippen LogP contribution in [0.2, 0.25) is 0 Å². The van der Waals surface area contributed by atoms with Crippen LogP contribution >= 0.6 is 11.8 Å². The summed E-state index contributed by atoms with van der Waals surface area (Å²) in [6.45, 7) is 1.29. The maximum absolute atomic E-state index is 12.4. The first-order chi connectivity index (χ1) is 8.62. The number of rotatable bonds is 4. The molecule has 5 nitrogen and oxygen atoms in total. The number of benzene rings is 1.